The fourth-order valence-electron chi connectivity index (χ4n) is 1.16. The van der Waals surface area contributed by atoms with Crippen molar-refractivity contribution < 1.29 is 9.59 Å². The molecule has 5 heteroatoms. The largest absolute Gasteiger partial charge is 0.326 e. The number of rotatable bonds is 3. The lowest BCUT2D eigenvalue weighted by Gasteiger charge is -2.16. The summed E-state index contributed by atoms with van der Waals surface area (Å²) in [5.74, 6) is -0.120. The minimum Gasteiger partial charge on any atom is -0.326 e. The Kier molecular flexibility index (Phi) is 3.19. The van der Waals surface area contributed by atoms with E-state index in [-0.39, 0.29) is 18.0 Å². The molecule has 1 heterocycles. The van der Waals surface area contributed by atoms with Gasteiger partial charge < -0.3 is 5.32 Å². The number of amides is 3. The minimum absolute atomic E-state index is 0.120. The number of urea groups is 1. The monoisotopic (exact) mass is 202 g/mol. The number of nitrogens with one attached hydrogen (secondary N) is 1. The van der Waals surface area contributed by atoms with Crippen molar-refractivity contribution in [3.05, 3.63) is 0 Å². The van der Waals surface area contributed by atoms with Gasteiger partial charge in [-0.05, 0) is 13.2 Å². The van der Waals surface area contributed by atoms with Gasteiger partial charge in [-0.15, -0.1) is 0 Å². The first-order valence-corrected chi connectivity index (χ1v) is 5.49. The summed E-state index contributed by atoms with van der Waals surface area (Å²) < 4.78 is 0. The number of carbonyl (C=O) groups is 2. The SMILES string of the molecule is CSC(C)CN1C(=O)N[C@@H](C)C1=O. The first-order chi connectivity index (χ1) is 6.06. The second kappa shape index (κ2) is 4.00. The molecule has 1 saturated heterocycles. The summed E-state index contributed by atoms with van der Waals surface area (Å²) in [6, 6.07) is -0.625. The summed E-state index contributed by atoms with van der Waals surface area (Å²) in [6.07, 6.45) is 1.96. The van der Waals surface area contributed by atoms with Gasteiger partial charge in [-0.25, -0.2) is 4.79 Å². The molecule has 0 saturated carbocycles. The predicted octanol–water partition coefficient (Wildman–Crippen LogP) is 0.678. The topological polar surface area (TPSA) is 49.4 Å². The van der Waals surface area contributed by atoms with Crippen molar-refractivity contribution in [3.8, 4) is 0 Å². The molecule has 0 aliphatic carbocycles. The number of nitrogens with zero attached hydrogens (tertiary/aromatic N) is 1. The number of thioether (sulfide) groups is 1. The Bertz CT molecular complexity index is 232. The van der Waals surface area contributed by atoms with Crippen molar-refractivity contribution >= 4 is 23.7 Å². The molecule has 0 aromatic rings. The molecule has 1 rings (SSSR count). The third-order valence-electron chi connectivity index (χ3n) is 2.06. The molecule has 0 bridgehead atoms. The summed E-state index contributed by atoms with van der Waals surface area (Å²) in [5.41, 5.74) is 0. The Balaban J connectivity index is 2.59. The number of hydrogen-bond donors (Lipinski definition) is 1. The molecule has 74 valence electrons. The Morgan fingerprint density at radius 1 is 1.62 bits per heavy atom. The van der Waals surface area contributed by atoms with Gasteiger partial charge in [-0.1, -0.05) is 6.92 Å². The molecule has 0 radical (unpaired) electrons. The van der Waals surface area contributed by atoms with Crippen molar-refractivity contribution in [2.75, 3.05) is 12.8 Å². The highest BCUT2D eigenvalue weighted by Gasteiger charge is 2.35. The molecule has 3 amide bonds. The molecule has 1 fully saturated rings. The molecule has 1 unspecified atom stereocenters. The molecule has 0 aromatic carbocycles. The van der Waals surface area contributed by atoms with Gasteiger partial charge in [0.05, 0.1) is 0 Å². The van der Waals surface area contributed by atoms with Crippen LogP contribution in [0, 0.1) is 0 Å². The second-order valence-corrected chi connectivity index (χ2v) is 4.44. The Hall–Kier alpha value is -0.710. The molecule has 4 nitrogen and oxygen atoms in total. The van der Waals surface area contributed by atoms with Crippen LogP contribution in [0.25, 0.3) is 0 Å². The van der Waals surface area contributed by atoms with E-state index in [0.717, 1.165) is 0 Å². The van der Waals surface area contributed by atoms with Gasteiger partial charge >= 0.3 is 6.03 Å². The zero-order chi connectivity index (χ0) is 10.0. The van der Waals surface area contributed by atoms with E-state index in [9.17, 15) is 9.59 Å². The van der Waals surface area contributed by atoms with Crippen molar-refractivity contribution in [1.82, 2.24) is 10.2 Å². The molecule has 0 aromatic heterocycles. The maximum absolute atomic E-state index is 11.4. The molecule has 1 aliphatic rings. The van der Waals surface area contributed by atoms with Crippen molar-refractivity contribution in [3.63, 3.8) is 0 Å². The first-order valence-electron chi connectivity index (χ1n) is 4.21. The molecule has 2 atom stereocenters. The van der Waals surface area contributed by atoms with Gasteiger partial charge in [-0.2, -0.15) is 11.8 Å². The van der Waals surface area contributed by atoms with Crippen LogP contribution in [0.1, 0.15) is 13.8 Å². The highest BCUT2D eigenvalue weighted by molar-refractivity contribution is 7.99. The quantitative estimate of drug-likeness (QED) is 0.685. The average Bonchev–Trinajstić information content (AvgIpc) is 2.32. The standard InChI is InChI=1S/C8H14N2O2S/c1-5(13-3)4-10-7(11)6(2)9-8(10)12/h5-6H,4H2,1-3H3,(H,9,12)/t5?,6-/m0/s1. The maximum atomic E-state index is 11.4. The van der Waals surface area contributed by atoms with Gasteiger partial charge in [-0.3, -0.25) is 9.69 Å². The van der Waals surface area contributed by atoms with Crippen LogP contribution in [0.4, 0.5) is 4.79 Å². The molecule has 1 N–H and O–H groups in total. The van der Waals surface area contributed by atoms with Gasteiger partial charge in [0.1, 0.15) is 6.04 Å². The van der Waals surface area contributed by atoms with Gasteiger partial charge in [0.25, 0.3) is 5.91 Å². The number of carbonyl (C=O) groups excluding carboxylic acids is 2. The lowest BCUT2D eigenvalue weighted by molar-refractivity contribution is -0.127. The van der Waals surface area contributed by atoms with E-state index in [2.05, 4.69) is 5.32 Å². The van der Waals surface area contributed by atoms with Crippen LogP contribution < -0.4 is 5.32 Å². The molecule has 1 aliphatic heterocycles. The third kappa shape index (κ3) is 2.15. The zero-order valence-electron chi connectivity index (χ0n) is 8.03. The maximum Gasteiger partial charge on any atom is 0.324 e. The van der Waals surface area contributed by atoms with Crippen LogP contribution in [0.15, 0.2) is 0 Å². The highest BCUT2D eigenvalue weighted by Crippen LogP contribution is 2.12. The van der Waals surface area contributed by atoms with E-state index < -0.39 is 0 Å². The lowest BCUT2D eigenvalue weighted by Crippen LogP contribution is -2.35. The van der Waals surface area contributed by atoms with Crippen LogP contribution in [0.3, 0.4) is 0 Å². The van der Waals surface area contributed by atoms with E-state index in [1.807, 2.05) is 13.2 Å². The van der Waals surface area contributed by atoms with Crippen molar-refractivity contribution in [1.29, 1.82) is 0 Å². The summed E-state index contributed by atoms with van der Waals surface area (Å²) in [7, 11) is 0. The summed E-state index contributed by atoms with van der Waals surface area (Å²) in [6.45, 7) is 4.19. The van der Waals surface area contributed by atoms with Crippen LogP contribution in [-0.4, -0.2) is 40.9 Å². The highest BCUT2D eigenvalue weighted by atomic mass is 32.2. The molecular weight excluding hydrogens is 188 g/mol. The molecular formula is C8H14N2O2S. The predicted molar refractivity (Wildman–Crippen MR) is 52.7 cm³/mol. The van der Waals surface area contributed by atoms with E-state index >= 15 is 0 Å². The van der Waals surface area contributed by atoms with Gasteiger partial charge in [0.2, 0.25) is 0 Å². The fraction of sp³-hybridized carbons (Fsp3) is 0.750. The van der Waals surface area contributed by atoms with Crippen LogP contribution in [0.2, 0.25) is 0 Å². The fourth-order valence-corrected chi connectivity index (χ4v) is 1.46. The molecule has 0 spiro atoms. The van der Waals surface area contributed by atoms with E-state index in [1.54, 1.807) is 18.7 Å². The zero-order valence-corrected chi connectivity index (χ0v) is 8.85. The van der Waals surface area contributed by atoms with Gasteiger partial charge in [0, 0.05) is 11.8 Å². The first kappa shape index (κ1) is 10.4. The van der Waals surface area contributed by atoms with E-state index in [0.29, 0.717) is 11.8 Å². The number of imide groups is 1. The summed E-state index contributed by atoms with van der Waals surface area (Å²) >= 11 is 1.64. The second-order valence-electron chi connectivity index (χ2n) is 3.17. The summed E-state index contributed by atoms with van der Waals surface area (Å²) in [5, 5.41) is 2.87. The van der Waals surface area contributed by atoms with Crippen molar-refractivity contribution in [2.24, 2.45) is 0 Å². The lowest BCUT2D eigenvalue weighted by atomic mass is 10.3. The minimum atomic E-state index is -0.360. The smallest absolute Gasteiger partial charge is 0.324 e. The molecule has 13 heavy (non-hydrogen) atoms. The van der Waals surface area contributed by atoms with Crippen LogP contribution in [-0.2, 0) is 4.79 Å². The average molecular weight is 202 g/mol. The number of hydrogen-bond acceptors (Lipinski definition) is 3. The Morgan fingerprint density at radius 2 is 2.23 bits per heavy atom. The normalized spacial score (nSPS) is 24.8. The summed E-state index contributed by atoms with van der Waals surface area (Å²) in [4.78, 5) is 23.9. The van der Waals surface area contributed by atoms with Crippen LogP contribution >= 0.6 is 11.8 Å². The van der Waals surface area contributed by atoms with Gasteiger partial charge in [0.15, 0.2) is 0 Å². The van der Waals surface area contributed by atoms with E-state index in [4.69, 9.17) is 0 Å². The Morgan fingerprint density at radius 3 is 2.62 bits per heavy atom. The third-order valence-corrected chi connectivity index (χ3v) is 3.02. The van der Waals surface area contributed by atoms with Crippen molar-refractivity contribution in [2.45, 2.75) is 25.1 Å². The van der Waals surface area contributed by atoms with Crippen LogP contribution in [0.5, 0.6) is 0 Å². The van der Waals surface area contributed by atoms with E-state index in [1.165, 1.54) is 4.90 Å². The Labute approximate surface area is 82.0 Å².